The summed E-state index contributed by atoms with van der Waals surface area (Å²) in [7, 11) is 0. The van der Waals surface area contributed by atoms with Crippen LogP contribution in [0.4, 0.5) is 23.2 Å². The van der Waals surface area contributed by atoms with Crippen molar-refractivity contribution in [3.05, 3.63) is 28.0 Å². The number of aliphatic hydroxyl groups is 1. The fraction of sp³-hybridized carbons (Fsp3) is 0.455. The predicted octanol–water partition coefficient (Wildman–Crippen LogP) is 2.41. The molecule has 3 nitrogen and oxygen atoms in total. The highest BCUT2D eigenvalue weighted by Gasteiger charge is 2.32. The minimum Gasteiger partial charge on any atom is -0.395 e. The second-order valence-electron chi connectivity index (χ2n) is 3.84. The average Bonchev–Trinajstić information content (AvgIpc) is 2.30. The van der Waals surface area contributed by atoms with Crippen molar-refractivity contribution in [2.24, 2.45) is 5.73 Å². The summed E-state index contributed by atoms with van der Waals surface area (Å²) in [5.74, 6) is -0.819. The second kappa shape index (κ2) is 6.53. The number of anilines is 1. The molecular weight excluding hydrogens is 332 g/mol. The van der Waals surface area contributed by atoms with Crippen LogP contribution in [0.5, 0.6) is 0 Å². The lowest BCUT2D eigenvalue weighted by Crippen LogP contribution is -2.36. The normalized spacial score (nSPS) is 11.7. The van der Waals surface area contributed by atoms with E-state index in [2.05, 4.69) is 15.9 Å². The van der Waals surface area contributed by atoms with E-state index in [1.807, 2.05) is 0 Å². The van der Waals surface area contributed by atoms with Crippen LogP contribution in [0.25, 0.3) is 0 Å². The lowest BCUT2D eigenvalue weighted by molar-refractivity contribution is -0.119. The van der Waals surface area contributed by atoms with Crippen LogP contribution in [0.2, 0.25) is 0 Å². The number of rotatable bonds is 5. The molecule has 0 aliphatic carbocycles. The van der Waals surface area contributed by atoms with E-state index in [9.17, 15) is 17.6 Å². The minimum atomic E-state index is -4.49. The third-order valence-electron chi connectivity index (χ3n) is 2.44. The van der Waals surface area contributed by atoms with Crippen LogP contribution >= 0.6 is 15.9 Å². The summed E-state index contributed by atoms with van der Waals surface area (Å²) in [6, 6.07) is 2.67. The molecule has 0 saturated heterocycles. The standard InChI is InChI=1S/C11H13BrF4N2O/c12-9-7(5-17)1-2-8(10(9)13)18(3-4-19)6-11(14,15)16/h1-2,19H,3-6,17H2. The fourth-order valence-electron chi connectivity index (χ4n) is 1.60. The fourth-order valence-corrected chi connectivity index (χ4v) is 2.10. The van der Waals surface area contributed by atoms with Crippen LogP contribution in [0.1, 0.15) is 5.56 Å². The molecule has 0 amide bonds. The first-order chi connectivity index (χ1) is 8.80. The van der Waals surface area contributed by atoms with E-state index in [1.165, 1.54) is 12.1 Å². The van der Waals surface area contributed by atoms with E-state index in [0.29, 0.717) is 5.56 Å². The highest BCUT2D eigenvalue weighted by atomic mass is 79.9. The van der Waals surface area contributed by atoms with Gasteiger partial charge in [0.1, 0.15) is 6.54 Å². The maximum absolute atomic E-state index is 14.0. The van der Waals surface area contributed by atoms with Crippen molar-refractivity contribution in [1.82, 2.24) is 0 Å². The lowest BCUT2D eigenvalue weighted by atomic mass is 10.2. The third kappa shape index (κ3) is 4.32. The van der Waals surface area contributed by atoms with E-state index in [4.69, 9.17) is 10.8 Å². The Morgan fingerprint density at radius 3 is 2.42 bits per heavy atom. The number of halogens is 5. The number of nitrogens with two attached hydrogens (primary N) is 1. The molecule has 3 N–H and O–H groups in total. The Morgan fingerprint density at radius 1 is 1.32 bits per heavy atom. The van der Waals surface area contributed by atoms with Crippen molar-refractivity contribution in [2.75, 3.05) is 24.6 Å². The summed E-state index contributed by atoms with van der Waals surface area (Å²) < 4.78 is 51.3. The predicted molar refractivity (Wildman–Crippen MR) is 67.3 cm³/mol. The van der Waals surface area contributed by atoms with Crippen molar-refractivity contribution >= 4 is 21.6 Å². The molecule has 19 heavy (non-hydrogen) atoms. The molecule has 0 fully saturated rings. The van der Waals surface area contributed by atoms with Crippen molar-refractivity contribution < 1.29 is 22.7 Å². The molecule has 1 aromatic carbocycles. The monoisotopic (exact) mass is 344 g/mol. The zero-order valence-corrected chi connectivity index (χ0v) is 11.4. The molecular formula is C11H13BrF4N2O. The highest BCUT2D eigenvalue weighted by Crippen LogP contribution is 2.31. The topological polar surface area (TPSA) is 49.5 Å². The molecule has 1 aromatic rings. The maximum atomic E-state index is 14.0. The summed E-state index contributed by atoms with van der Waals surface area (Å²) in [6.45, 7) is -2.09. The Kier molecular flexibility index (Phi) is 5.57. The van der Waals surface area contributed by atoms with E-state index in [0.717, 1.165) is 4.90 Å². The van der Waals surface area contributed by atoms with Gasteiger partial charge in [-0.05, 0) is 27.6 Å². The largest absolute Gasteiger partial charge is 0.405 e. The van der Waals surface area contributed by atoms with Crippen molar-refractivity contribution in [3.8, 4) is 0 Å². The van der Waals surface area contributed by atoms with Crippen LogP contribution in [0, 0.1) is 5.82 Å². The van der Waals surface area contributed by atoms with Gasteiger partial charge < -0.3 is 15.7 Å². The second-order valence-corrected chi connectivity index (χ2v) is 4.63. The van der Waals surface area contributed by atoms with Gasteiger partial charge in [0.25, 0.3) is 0 Å². The first-order valence-corrected chi connectivity index (χ1v) is 6.19. The van der Waals surface area contributed by atoms with E-state index in [-0.39, 0.29) is 23.2 Å². The van der Waals surface area contributed by atoms with Crippen LogP contribution in [0.3, 0.4) is 0 Å². The van der Waals surface area contributed by atoms with Crippen LogP contribution in [-0.2, 0) is 6.54 Å². The number of hydrogen-bond acceptors (Lipinski definition) is 3. The molecule has 0 atom stereocenters. The summed E-state index contributed by atoms with van der Waals surface area (Å²) in [4.78, 5) is 0.736. The Balaban J connectivity index is 3.13. The Morgan fingerprint density at radius 2 is 1.95 bits per heavy atom. The average molecular weight is 345 g/mol. The Hall–Kier alpha value is -0.860. The van der Waals surface area contributed by atoms with Gasteiger partial charge in [-0.1, -0.05) is 6.07 Å². The van der Waals surface area contributed by atoms with Gasteiger partial charge >= 0.3 is 6.18 Å². The molecule has 0 radical (unpaired) electrons. The van der Waals surface area contributed by atoms with Crippen LogP contribution in [0.15, 0.2) is 16.6 Å². The first kappa shape index (κ1) is 16.2. The molecule has 0 aliphatic rings. The number of aliphatic hydroxyl groups excluding tert-OH is 1. The molecule has 0 aliphatic heterocycles. The highest BCUT2D eigenvalue weighted by molar-refractivity contribution is 9.10. The maximum Gasteiger partial charge on any atom is 0.405 e. The Bertz CT molecular complexity index is 439. The molecule has 1 rings (SSSR count). The molecule has 0 aromatic heterocycles. The van der Waals surface area contributed by atoms with Crippen LogP contribution in [-0.4, -0.2) is 31.0 Å². The number of alkyl halides is 3. The molecule has 0 bridgehead atoms. The molecule has 8 heteroatoms. The van der Waals surface area contributed by atoms with Gasteiger partial charge in [-0.2, -0.15) is 13.2 Å². The zero-order chi connectivity index (χ0) is 14.6. The van der Waals surface area contributed by atoms with Gasteiger partial charge in [-0.3, -0.25) is 0 Å². The number of benzene rings is 1. The number of hydrogen-bond donors (Lipinski definition) is 2. The quantitative estimate of drug-likeness (QED) is 0.806. The van der Waals surface area contributed by atoms with Crippen LogP contribution < -0.4 is 10.6 Å². The molecule has 0 heterocycles. The van der Waals surface area contributed by atoms with E-state index < -0.39 is 25.1 Å². The van der Waals surface area contributed by atoms with Gasteiger partial charge in [0.2, 0.25) is 0 Å². The van der Waals surface area contributed by atoms with Gasteiger partial charge in [0.05, 0.1) is 16.8 Å². The Labute approximate surface area is 116 Å². The molecule has 0 saturated carbocycles. The lowest BCUT2D eigenvalue weighted by Gasteiger charge is -2.26. The van der Waals surface area contributed by atoms with Gasteiger partial charge in [0.15, 0.2) is 5.82 Å². The van der Waals surface area contributed by atoms with Gasteiger partial charge in [0, 0.05) is 13.1 Å². The summed E-state index contributed by atoms with van der Waals surface area (Å²) in [6.07, 6.45) is -4.49. The summed E-state index contributed by atoms with van der Waals surface area (Å²) in [5.41, 5.74) is 5.61. The van der Waals surface area contributed by atoms with Crippen molar-refractivity contribution in [2.45, 2.75) is 12.7 Å². The molecule has 0 unspecified atom stereocenters. The van der Waals surface area contributed by atoms with Crippen molar-refractivity contribution in [1.29, 1.82) is 0 Å². The van der Waals surface area contributed by atoms with Gasteiger partial charge in [-0.25, -0.2) is 4.39 Å². The van der Waals surface area contributed by atoms with Crippen molar-refractivity contribution in [3.63, 3.8) is 0 Å². The zero-order valence-electron chi connectivity index (χ0n) is 9.84. The SMILES string of the molecule is NCc1ccc(N(CCO)CC(F)(F)F)c(F)c1Br. The van der Waals surface area contributed by atoms with Gasteiger partial charge in [-0.15, -0.1) is 0 Å². The van der Waals surface area contributed by atoms with E-state index in [1.54, 1.807) is 0 Å². The molecule has 108 valence electrons. The summed E-state index contributed by atoms with van der Waals surface area (Å²) in [5, 5.41) is 8.79. The van der Waals surface area contributed by atoms with E-state index >= 15 is 0 Å². The number of nitrogens with zero attached hydrogens (tertiary/aromatic N) is 1. The first-order valence-electron chi connectivity index (χ1n) is 5.39. The summed E-state index contributed by atoms with van der Waals surface area (Å²) >= 11 is 2.96. The minimum absolute atomic E-state index is 0.0395. The third-order valence-corrected chi connectivity index (χ3v) is 3.30. The molecule has 0 spiro atoms. The smallest absolute Gasteiger partial charge is 0.395 e.